The second-order valence-electron chi connectivity index (χ2n) is 6.66. The summed E-state index contributed by atoms with van der Waals surface area (Å²) in [6.07, 6.45) is 7.83. The molecule has 0 heterocycles. The summed E-state index contributed by atoms with van der Waals surface area (Å²) in [5.41, 5.74) is 3.14. The van der Waals surface area contributed by atoms with Crippen LogP contribution in [0.1, 0.15) is 25.8 Å². The second kappa shape index (κ2) is 5.33. The molecule has 2 rings (SSSR count). The van der Waals surface area contributed by atoms with Crippen molar-refractivity contribution in [1.29, 1.82) is 0 Å². The molecule has 102 valence electrons. The van der Waals surface area contributed by atoms with E-state index in [1.54, 1.807) is 0 Å². The second-order valence-corrected chi connectivity index (χ2v) is 15.8. The monoisotopic (exact) mass is 288 g/mol. The molecule has 0 spiro atoms. The number of benzene rings is 1. The van der Waals surface area contributed by atoms with E-state index in [9.17, 15) is 0 Å². The van der Waals surface area contributed by atoms with Gasteiger partial charge in [0.15, 0.2) is 0 Å². The van der Waals surface area contributed by atoms with Crippen LogP contribution in [0, 0.1) is 0 Å². The average molecular weight is 289 g/mol. The number of hydrogen-bond acceptors (Lipinski definition) is 1. The highest BCUT2D eigenvalue weighted by Crippen LogP contribution is 2.42. The van der Waals surface area contributed by atoms with E-state index in [-0.39, 0.29) is 5.41 Å². The van der Waals surface area contributed by atoms with Crippen molar-refractivity contribution in [3.8, 4) is 0 Å². The van der Waals surface area contributed by atoms with E-state index < -0.39 is 7.22 Å². The zero-order valence-corrected chi connectivity index (χ0v) is 14.5. The molecule has 1 aliphatic carbocycles. The predicted molar refractivity (Wildman–Crippen MR) is 90.5 cm³/mol. The average Bonchev–Trinajstić information content (AvgIpc) is 2.81. The van der Waals surface area contributed by atoms with Gasteiger partial charge in [-0.1, -0.05) is 75.5 Å². The van der Waals surface area contributed by atoms with Crippen LogP contribution in [0.2, 0.25) is 19.6 Å². The molecule has 0 bridgehead atoms. The van der Waals surface area contributed by atoms with Crippen LogP contribution in [-0.4, -0.2) is 7.22 Å². The van der Waals surface area contributed by atoms with Gasteiger partial charge in [-0.25, -0.2) is 0 Å². The number of hydrogen-bond donors (Lipinski definition) is 0. The standard InChI is InChI=1S/C17H24SSi/c1-17(2,14-10-6-7-11-14)15-12-8-9-13-16(15)18-19(3,4)5/h6-10,12-13H,11H2,1-5H3. The van der Waals surface area contributed by atoms with Crippen LogP contribution in [0.3, 0.4) is 0 Å². The van der Waals surface area contributed by atoms with Crippen LogP contribution < -0.4 is 0 Å². The normalized spacial score (nSPS) is 15.7. The Balaban J connectivity index is 2.39. The predicted octanol–water partition coefficient (Wildman–Crippen LogP) is 5.78. The topological polar surface area (TPSA) is 0 Å². The molecule has 0 amide bonds. The summed E-state index contributed by atoms with van der Waals surface area (Å²) in [5.74, 6) is 0. The Morgan fingerprint density at radius 1 is 1.11 bits per heavy atom. The zero-order valence-electron chi connectivity index (χ0n) is 12.7. The lowest BCUT2D eigenvalue weighted by molar-refractivity contribution is 0.601. The van der Waals surface area contributed by atoms with E-state index in [1.165, 1.54) is 16.0 Å². The van der Waals surface area contributed by atoms with Crippen molar-refractivity contribution in [2.75, 3.05) is 0 Å². The SMILES string of the molecule is CC(C)(C1=CC=CC1)c1ccccc1S[Si](C)(C)C. The van der Waals surface area contributed by atoms with Gasteiger partial charge in [0.25, 0.3) is 0 Å². The maximum atomic E-state index is 2.41. The molecule has 0 saturated carbocycles. The lowest BCUT2D eigenvalue weighted by Gasteiger charge is -2.31. The van der Waals surface area contributed by atoms with E-state index in [0.29, 0.717) is 0 Å². The van der Waals surface area contributed by atoms with Crippen LogP contribution in [0.25, 0.3) is 0 Å². The van der Waals surface area contributed by atoms with Crippen LogP contribution >= 0.6 is 11.2 Å². The Morgan fingerprint density at radius 2 is 1.79 bits per heavy atom. The van der Waals surface area contributed by atoms with E-state index >= 15 is 0 Å². The van der Waals surface area contributed by atoms with Gasteiger partial charge >= 0.3 is 0 Å². The molecule has 1 aromatic rings. The number of rotatable bonds is 4. The summed E-state index contributed by atoms with van der Waals surface area (Å²) in [6, 6.07) is 8.95. The summed E-state index contributed by atoms with van der Waals surface area (Å²) in [7, 11) is -1.17. The highest BCUT2D eigenvalue weighted by atomic mass is 32.4. The first-order valence-electron chi connectivity index (χ1n) is 6.95. The molecule has 0 atom stereocenters. The van der Waals surface area contributed by atoms with Crippen molar-refractivity contribution in [2.45, 2.75) is 50.2 Å². The summed E-state index contributed by atoms with van der Waals surface area (Å²) in [5, 5.41) is 0. The first-order valence-corrected chi connectivity index (χ1v) is 12.0. The molecular weight excluding hydrogens is 264 g/mol. The van der Waals surface area contributed by atoms with Crippen LogP contribution in [0.15, 0.2) is 53.0 Å². The third kappa shape index (κ3) is 3.43. The van der Waals surface area contributed by atoms with E-state index in [0.717, 1.165) is 6.42 Å². The van der Waals surface area contributed by atoms with Gasteiger partial charge in [-0.2, -0.15) is 11.2 Å². The summed E-state index contributed by atoms with van der Waals surface area (Å²) >= 11 is 2.10. The first kappa shape index (κ1) is 14.7. The van der Waals surface area contributed by atoms with Crippen LogP contribution in [0.5, 0.6) is 0 Å². The first-order chi connectivity index (χ1) is 8.81. The van der Waals surface area contributed by atoms with Crippen molar-refractivity contribution >= 4 is 18.4 Å². The molecular formula is C17H24SSi. The molecule has 0 unspecified atom stereocenters. The largest absolute Gasteiger partial charge is 0.151 e. The van der Waals surface area contributed by atoms with Gasteiger partial charge in [0.1, 0.15) is 7.22 Å². The highest BCUT2D eigenvalue weighted by molar-refractivity contribution is 8.28. The lowest BCUT2D eigenvalue weighted by atomic mass is 9.77. The molecule has 0 radical (unpaired) electrons. The van der Waals surface area contributed by atoms with Crippen molar-refractivity contribution in [3.63, 3.8) is 0 Å². The molecule has 0 nitrogen and oxygen atoms in total. The van der Waals surface area contributed by atoms with E-state index in [2.05, 4.69) is 87.2 Å². The third-order valence-electron chi connectivity index (χ3n) is 3.55. The minimum absolute atomic E-state index is 0.132. The Hall–Kier alpha value is -0.733. The molecule has 0 aliphatic heterocycles. The van der Waals surface area contributed by atoms with Crippen LogP contribution in [-0.2, 0) is 5.41 Å². The molecule has 1 aromatic carbocycles. The van der Waals surface area contributed by atoms with E-state index in [1.807, 2.05) is 0 Å². The summed E-state index contributed by atoms with van der Waals surface area (Å²) < 4.78 is 0. The molecule has 19 heavy (non-hydrogen) atoms. The zero-order chi connectivity index (χ0) is 14.1. The molecule has 2 heteroatoms. The van der Waals surface area contributed by atoms with Crippen molar-refractivity contribution in [2.24, 2.45) is 0 Å². The van der Waals surface area contributed by atoms with Gasteiger partial charge in [-0.3, -0.25) is 0 Å². The van der Waals surface area contributed by atoms with Gasteiger partial charge in [0, 0.05) is 10.3 Å². The van der Waals surface area contributed by atoms with E-state index in [4.69, 9.17) is 0 Å². The van der Waals surface area contributed by atoms with Crippen LogP contribution in [0.4, 0.5) is 0 Å². The van der Waals surface area contributed by atoms with Gasteiger partial charge in [0.2, 0.25) is 0 Å². The molecule has 0 aromatic heterocycles. The van der Waals surface area contributed by atoms with Gasteiger partial charge in [0.05, 0.1) is 0 Å². The number of allylic oxidation sites excluding steroid dienone is 4. The van der Waals surface area contributed by atoms with Crippen molar-refractivity contribution in [3.05, 3.63) is 53.6 Å². The lowest BCUT2D eigenvalue weighted by Crippen LogP contribution is -2.22. The minimum Gasteiger partial charge on any atom is -0.151 e. The fourth-order valence-corrected chi connectivity index (χ4v) is 6.24. The third-order valence-corrected chi connectivity index (χ3v) is 7.24. The van der Waals surface area contributed by atoms with Crippen molar-refractivity contribution in [1.82, 2.24) is 0 Å². The molecule has 0 fully saturated rings. The Bertz CT molecular complexity index is 518. The fraction of sp³-hybridized carbons (Fsp3) is 0.412. The van der Waals surface area contributed by atoms with Crippen molar-refractivity contribution < 1.29 is 0 Å². The fourth-order valence-electron chi connectivity index (χ4n) is 2.49. The van der Waals surface area contributed by atoms with Gasteiger partial charge in [-0.05, 0) is 18.1 Å². The maximum Gasteiger partial charge on any atom is 0.114 e. The Morgan fingerprint density at radius 3 is 2.37 bits per heavy atom. The summed E-state index contributed by atoms with van der Waals surface area (Å²) in [6.45, 7) is 12.0. The maximum absolute atomic E-state index is 2.41. The quantitative estimate of drug-likeness (QED) is 0.633. The Labute approximate surface area is 122 Å². The molecule has 0 saturated heterocycles. The smallest absolute Gasteiger partial charge is 0.114 e. The van der Waals surface area contributed by atoms with Gasteiger partial charge < -0.3 is 0 Å². The molecule has 0 N–H and O–H groups in total. The summed E-state index contributed by atoms with van der Waals surface area (Å²) in [4.78, 5) is 1.47. The minimum atomic E-state index is -1.17. The highest BCUT2D eigenvalue weighted by Gasteiger charge is 2.29. The van der Waals surface area contributed by atoms with Gasteiger partial charge in [-0.15, -0.1) is 0 Å². The molecule has 1 aliphatic rings. The Kier molecular flexibility index (Phi) is 4.12.